The number of carbonyl (C=O) groups excluding carboxylic acids is 1. The van der Waals surface area contributed by atoms with Gasteiger partial charge in [0.15, 0.2) is 11.5 Å². The van der Waals surface area contributed by atoms with E-state index in [0.29, 0.717) is 24.5 Å². The number of amides is 1. The first-order valence-electron chi connectivity index (χ1n) is 7.20. The summed E-state index contributed by atoms with van der Waals surface area (Å²) in [5.74, 6) is 0.582. The molecule has 1 aromatic carbocycles. The van der Waals surface area contributed by atoms with E-state index >= 15 is 0 Å². The molecule has 112 valence electrons. The number of para-hydroxylation sites is 2. The zero-order chi connectivity index (χ0) is 15.1. The fraction of sp³-hybridized carbons (Fsp3) is 0.500. The van der Waals surface area contributed by atoms with E-state index in [-0.39, 0.29) is 5.91 Å². The zero-order valence-electron chi connectivity index (χ0n) is 12.2. The lowest BCUT2D eigenvalue weighted by atomic mass is 10.1. The molecule has 21 heavy (non-hydrogen) atoms. The van der Waals surface area contributed by atoms with Crippen LogP contribution >= 0.6 is 0 Å². The van der Waals surface area contributed by atoms with Crippen molar-refractivity contribution >= 4 is 5.91 Å². The lowest BCUT2D eigenvalue weighted by molar-refractivity contribution is -0.133. The molecule has 1 aromatic rings. The maximum atomic E-state index is 12.2. The second kappa shape index (κ2) is 7.53. The summed E-state index contributed by atoms with van der Waals surface area (Å²) in [6.07, 6.45) is 2.45. The minimum atomic E-state index is -0.627. The molecule has 0 spiro atoms. The number of hydrogen-bond acceptors (Lipinski definition) is 4. The van der Waals surface area contributed by atoms with Crippen molar-refractivity contribution < 1.29 is 14.3 Å². The molecule has 1 fully saturated rings. The van der Waals surface area contributed by atoms with Gasteiger partial charge in [-0.25, -0.2) is 0 Å². The molecule has 0 N–H and O–H groups in total. The van der Waals surface area contributed by atoms with Crippen LogP contribution in [-0.4, -0.2) is 37.6 Å². The third-order valence-corrected chi connectivity index (χ3v) is 3.60. The Morgan fingerprint density at radius 1 is 1.33 bits per heavy atom. The SMILES string of the molecule is COc1ccccc1OCCC(C#N)C(=O)N1CCCC1. The van der Waals surface area contributed by atoms with Gasteiger partial charge in [-0.1, -0.05) is 12.1 Å². The van der Waals surface area contributed by atoms with Crippen LogP contribution in [-0.2, 0) is 4.79 Å². The molecule has 2 rings (SSSR count). The van der Waals surface area contributed by atoms with Gasteiger partial charge in [0.2, 0.25) is 5.91 Å². The minimum absolute atomic E-state index is 0.0707. The average molecular weight is 288 g/mol. The third-order valence-electron chi connectivity index (χ3n) is 3.60. The highest BCUT2D eigenvalue weighted by Crippen LogP contribution is 2.26. The van der Waals surface area contributed by atoms with E-state index in [2.05, 4.69) is 6.07 Å². The number of nitrogens with zero attached hydrogens (tertiary/aromatic N) is 2. The second-order valence-corrected chi connectivity index (χ2v) is 5.00. The molecule has 1 amide bonds. The number of nitriles is 1. The first-order valence-corrected chi connectivity index (χ1v) is 7.20. The number of ether oxygens (including phenoxy) is 2. The molecule has 0 aromatic heterocycles. The number of benzene rings is 1. The Balaban J connectivity index is 1.86. The highest BCUT2D eigenvalue weighted by Gasteiger charge is 2.26. The predicted molar refractivity (Wildman–Crippen MR) is 78.0 cm³/mol. The molecule has 1 saturated heterocycles. The van der Waals surface area contributed by atoms with Gasteiger partial charge >= 0.3 is 0 Å². The molecule has 1 atom stereocenters. The summed E-state index contributed by atoms with van der Waals surface area (Å²) in [6.45, 7) is 1.85. The van der Waals surface area contributed by atoms with Crippen LogP contribution in [0.15, 0.2) is 24.3 Å². The Bertz CT molecular complexity index is 518. The molecule has 0 radical (unpaired) electrons. The first-order chi connectivity index (χ1) is 10.3. The Morgan fingerprint density at radius 2 is 2.00 bits per heavy atom. The summed E-state index contributed by atoms with van der Waals surface area (Å²) >= 11 is 0. The predicted octanol–water partition coefficient (Wildman–Crippen LogP) is 2.23. The normalized spacial score (nSPS) is 15.3. The number of rotatable bonds is 6. The zero-order valence-corrected chi connectivity index (χ0v) is 12.2. The van der Waals surface area contributed by atoms with Crippen LogP contribution in [0.2, 0.25) is 0 Å². The number of carbonyl (C=O) groups is 1. The van der Waals surface area contributed by atoms with Crippen LogP contribution in [0.4, 0.5) is 0 Å². The van der Waals surface area contributed by atoms with Crippen molar-refractivity contribution in [2.75, 3.05) is 26.8 Å². The molecular weight excluding hydrogens is 268 g/mol. The van der Waals surface area contributed by atoms with E-state index in [0.717, 1.165) is 25.9 Å². The van der Waals surface area contributed by atoms with E-state index in [1.54, 1.807) is 12.0 Å². The van der Waals surface area contributed by atoms with Crippen LogP contribution in [0.25, 0.3) is 0 Å². The van der Waals surface area contributed by atoms with E-state index < -0.39 is 5.92 Å². The molecule has 5 nitrogen and oxygen atoms in total. The standard InChI is InChI=1S/C16H20N2O3/c1-20-14-6-2-3-7-15(14)21-11-8-13(12-17)16(19)18-9-4-5-10-18/h2-3,6-7,13H,4-5,8-11H2,1H3. The minimum Gasteiger partial charge on any atom is -0.493 e. The average Bonchev–Trinajstić information content (AvgIpc) is 3.05. The summed E-state index contributed by atoms with van der Waals surface area (Å²) in [7, 11) is 1.58. The van der Waals surface area contributed by atoms with Gasteiger partial charge in [-0.05, 0) is 25.0 Å². The summed E-state index contributed by atoms with van der Waals surface area (Å²) in [6, 6.07) is 9.43. The summed E-state index contributed by atoms with van der Waals surface area (Å²) in [4.78, 5) is 13.9. The van der Waals surface area contributed by atoms with Crippen molar-refractivity contribution in [3.8, 4) is 17.6 Å². The van der Waals surface area contributed by atoms with Crippen LogP contribution in [0.3, 0.4) is 0 Å². The van der Waals surface area contributed by atoms with Gasteiger partial charge in [0.25, 0.3) is 0 Å². The fourth-order valence-corrected chi connectivity index (χ4v) is 2.43. The van der Waals surface area contributed by atoms with Crippen molar-refractivity contribution in [2.24, 2.45) is 5.92 Å². The van der Waals surface area contributed by atoms with Gasteiger partial charge in [-0.3, -0.25) is 4.79 Å². The Morgan fingerprint density at radius 3 is 2.62 bits per heavy atom. The van der Waals surface area contributed by atoms with Crippen molar-refractivity contribution in [3.05, 3.63) is 24.3 Å². The van der Waals surface area contributed by atoms with Gasteiger partial charge in [-0.2, -0.15) is 5.26 Å². The largest absolute Gasteiger partial charge is 0.493 e. The van der Waals surface area contributed by atoms with E-state index in [1.807, 2.05) is 24.3 Å². The fourth-order valence-electron chi connectivity index (χ4n) is 2.43. The third kappa shape index (κ3) is 3.88. The number of likely N-dealkylation sites (tertiary alicyclic amines) is 1. The van der Waals surface area contributed by atoms with E-state index in [9.17, 15) is 10.1 Å². The first kappa shape index (κ1) is 15.2. The highest BCUT2D eigenvalue weighted by molar-refractivity contribution is 5.81. The Labute approximate surface area is 125 Å². The Hall–Kier alpha value is -2.22. The van der Waals surface area contributed by atoms with Crippen molar-refractivity contribution in [1.82, 2.24) is 4.90 Å². The van der Waals surface area contributed by atoms with Crippen LogP contribution < -0.4 is 9.47 Å². The lowest BCUT2D eigenvalue weighted by Gasteiger charge is -2.19. The molecule has 1 aliphatic heterocycles. The van der Waals surface area contributed by atoms with E-state index in [4.69, 9.17) is 9.47 Å². The molecule has 0 bridgehead atoms. The van der Waals surface area contributed by atoms with Crippen molar-refractivity contribution in [2.45, 2.75) is 19.3 Å². The quantitative estimate of drug-likeness (QED) is 0.805. The summed E-state index contributed by atoms with van der Waals surface area (Å²) in [5, 5.41) is 9.18. The highest BCUT2D eigenvalue weighted by atomic mass is 16.5. The van der Waals surface area contributed by atoms with Gasteiger partial charge in [-0.15, -0.1) is 0 Å². The second-order valence-electron chi connectivity index (χ2n) is 5.00. The topological polar surface area (TPSA) is 62.6 Å². The summed E-state index contributed by atoms with van der Waals surface area (Å²) < 4.78 is 10.8. The summed E-state index contributed by atoms with van der Waals surface area (Å²) in [5.41, 5.74) is 0. The Kier molecular flexibility index (Phi) is 5.44. The van der Waals surface area contributed by atoms with E-state index in [1.165, 1.54) is 0 Å². The van der Waals surface area contributed by atoms with Gasteiger partial charge in [0, 0.05) is 19.5 Å². The molecule has 1 heterocycles. The van der Waals surface area contributed by atoms with Gasteiger partial charge in [0.1, 0.15) is 5.92 Å². The number of methoxy groups -OCH3 is 1. The molecule has 0 saturated carbocycles. The molecule has 0 aliphatic carbocycles. The molecule has 1 unspecified atom stereocenters. The molecule has 5 heteroatoms. The van der Waals surface area contributed by atoms with Crippen LogP contribution in [0, 0.1) is 17.2 Å². The van der Waals surface area contributed by atoms with Crippen LogP contribution in [0.1, 0.15) is 19.3 Å². The van der Waals surface area contributed by atoms with Crippen LogP contribution in [0.5, 0.6) is 11.5 Å². The molecular formula is C16H20N2O3. The van der Waals surface area contributed by atoms with Gasteiger partial charge in [0.05, 0.1) is 19.8 Å². The number of hydrogen-bond donors (Lipinski definition) is 0. The molecule has 1 aliphatic rings. The maximum Gasteiger partial charge on any atom is 0.240 e. The van der Waals surface area contributed by atoms with Crippen molar-refractivity contribution in [1.29, 1.82) is 5.26 Å². The monoisotopic (exact) mass is 288 g/mol. The lowest BCUT2D eigenvalue weighted by Crippen LogP contribution is -2.33. The maximum absolute atomic E-state index is 12.2. The smallest absolute Gasteiger partial charge is 0.240 e. The van der Waals surface area contributed by atoms with Crippen molar-refractivity contribution in [3.63, 3.8) is 0 Å². The van der Waals surface area contributed by atoms with Gasteiger partial charge < -0.3 is 14.4 Å².